The molecule has 8 nitrogen and oxygen atoms in total. The number of nitrogens with zero attached hydrogens (tertiary/aromatic N) is 1. The lowest BCUT2D eigenvalue weighted by molar-refractivity contribution is -0.156. The normalized spacial score (nSPS) is 28.6. The number of ketones is 1. The molecule has 204 valence electrons. The first-order valence-corrected chi connectivity index (χ1v) is 13.2. The predicted molar refractivity (Wildman–Crippen MR) is 139 cm³/mol. The molecule has 0 saturated heterocycles. The SMILES string of the molecule is CC[C@H]1C(=O)C(C)(C)[C@@H](O)CC(=O)O[C@H](c2ccc3oc(CO)nc3c2)CC=C(C)CCC[C@H](C)[C@@H]1O. The van der Waals surface area contributed by atoms with Crippen LogP contribution in [0.5, 0.6) is 0 Å². The fraction of sp³-hybridized carbons (Fsp3) is 0.621. The van der Waals surface area contributed by atoms with Crippen LogP contribution in [0.4, 0.5) is 0 Å². The van der Waals surface area contributed by atoms with Gasteiger partial charge in [0.15, 0.2) is 5.58 Å². The van der Waals surface area contributed by atoms with Crippen molar-refractivity contribution in [1.82, 2.24) is 4.98 Å². The Kier molecular flexibility index (Phi) is 9.67. The average Bonchev–Trinajstić information content (AvgIpc) is 3.28. The third kappa shape index (κ3) is 6.86. The first-order valence-electron chi connectivity index (χ1n) is 13.2. The van der Waals surface area contributed by atoms with E-state index in [1.54, 1.807) is 32.0 Å². The van der Waals surface area contributed by atoms with E-state index >= 15 is 0 Å². The predicted octanol–water partition coefficient (Wildman–Crippen LogP) is 4.79. The minimum absolute atomic E-state index is 0.0711. The number of fused-ring (bicyclic) bond motifs is 1. The first-order chi connectivity index (χ1) is 17.5. The second kappa shape index (κ2) is 12.3. The molecule has 3 N–H and O–H groups in total. The third-order valence-electron chi connectivity index (χ3n) is 7.75. The van der Waals surface area contributed by atoms with Crippen molar-refractivity contribution in [2.24, 2.45) is 17.3 Å². The molecule has 0 fully saturated rings. The second-order valence-corrected chi connectivity index (χ2v) is 10.9. The highest BCUT2D eigenvalue weighted by Gasteiger charge is 2.43. The van der Waals surface area contributed by atoms with Crippen molar-refractivity contribution in [1.29, 1.82) is 0 Å². The van der Waals surface area contributed by atoms with Gasteiger partial charge in [0.05, 0.1) is 24.0 Å². The fourth-order valence-electron chi connectivity index (χ4n) is 5.04. The Labute approximate surface area is 218 Å². The maximum atomic E-state index is 13.4. The molecule has 2 aromatic rings. The molecular formula is C29H41NO7. The smallest absolute Gasteiger partial charge is 0.309 e. The highest BCUT2D eigenvalue weighted by atomic mass is 16.5. The Morgan fingerprint density at radius 3 is 2.59 bits per heavy atom. The van der Waals surface area contributed by atoms with Gasteiger partial charge in [-0.1, -0.05) is 45.4 Å². The van der Waals surface area contributed by atoms with Crippen molar-refractivity contribution in [3.05, 3.63) is 41.3 Å². The number of oxazole rings is 1. The van der Waals surface area contributed by atoms with Gasteiger partial charge in [-0.25, -0.2) is 4.98 Å². The number of cyclic esters (lactones) is 1. The quantitative estimate of drug-likeness (QED) is 0.393. The summed E-state index contributed by atoms with van der Waals surface area (Å²) in [5.41, 5.74) is 1.71. The van der Waals surface area contributed by atoms with Gasteiger partial charge >= 0.3 is 5.97 Å². The number of benzene rings is 1. The van der Waals surface area contributed by atoms with E-state index in [0.717, 1.165) is 30.4 Å². The zero-order valence-corrected chi connectivity index (χ0v) is 22.6. The van der Waals surface area contributed by atoms with Gasteiger partial charge < -0.3 is 24.5 Å². The van der Waals surface area contributed by atoms with E-state index in [1.807, 2.05) is 20.8 Å². The molecule has 1 aromatic heterocycles. The average molecular weight is 516 g/mol. The summed E-state index contributed by atoms with van der Waals surface area (Å²) in [6.45, 7) is 8.78. The summed E-state index contributed by atoms with van der Waals surface area (Å²) < 4.78 is 11.3. The molecule has 1 aliphatic rings. The van der Waals surface area contributed by atoms with Gasteiger partial charge in [0.25, 0.3) is 0 Å². The van der Waals surface area contributed by atoms with Crippen LogP contribution in [0.2, 0.25) is 0 Å². The summed E-state index contributed by atoms with van der Waals surface area (Å²) in [4.78, 5) is 30.7. The third-order valence-corrected chi connectivity index (χ3v) is 7.75. The van der Waals surface area contributed by atoms with E-state index in [-0.39, 0.29) is 30.6 Å². The van der Waals surface area contributed by atoms with Gasteiger partial charge in [-0.3, -0.25) is 9.59 Å². The molecule has 3 rings (SSSR count). The molecule has 8 heteroatoms. The Morgan fingerprint density at radius 2 is 1.92 bits per heavy atom. The summed E-state index contributed by atoms with van der Waals surface area (Å²) in [6, 6.07) is 5.30. The molecule has 2 heterocycles. The second-order valence-electron chi connectivity index (χ2n) is 10.9. The highest BCUT2D eigenvalue weighted by Crippen LogP contribution is 2.35. The van der Waals surface area contributed by atoms with E-state index in [9.17, 15) is 24.9 Å². The lowest BCUT2D eigenvalue weighted by Crippen LogP contribution is -2.46. The maximum absolute atomic E-state index is 13.4. The number of hydrogen-bond donors (Lipinski definition) is 3. The van der Waals surface area contributed by atoms with E-state index < -0.39 is 35.6 Å². The summed E-state index contributed by atoms with van der Waals surface area (Å²) in [7, 11) is 0. The monoisotopic (exact) mass is 515 g/mol. The molecule has 1 aliphatic heterocycles. The van der Waals surface area contributed by atoms with Crippen LogP contribution in [0.15, 0.2) is 34.3 Å². The standard InChI is InChI=1S/C29H41NO7/c1-6-20-27(34)18(3)9-7-8-17(2)10-12-22(37-26(33)15-24(32)29(4,5)28(20)35)19-11-13-23-21(14-19)30-25(16-31)36-23/h10-11,13-14,18,20,22,24,27,31-32,34H,6-9,12,15-16H2,1-5H3/t18-,20+,22-,24-,27-/m0/s1. The minimum atomic E-state index is -1.26. The topological polar surface area (TPSA) is 130 Å². The van der Waals surface area contributed by atoms with Crippen molar-refractivity contribution in [3.8, 4) is 0 Å². The number of ether oxygens (including phenoxy) is 1. The number of aliphatic hydroxyl groups excluding tert-OH is 3. The van der Waals surface area contributed by atoms with Gasteiger partial charge in [0.2, 0.25) is 5.89 Å². The van der Waals surface area contributed by atoms with Gasteiger partial charge in [0.1, 0.15) is 24.0 Å². The zero-order valence-electron chi connectivity index (χ0n) is 22.6. The largest absolute Gasteiger partial charge is 0.457 e. The number of hydrogen-bond acceptors (Lipinski definition) is 8. The Bertz CT molecular complexity index is 1120. The van der Waals surface area contributed by atoms with E-state index in [4.69, 9.17) is 9.15 Å². The number of carbonyl (C=O) groups is 2. The van der Waals surface area contributed by atoms with E-state index in [2.05, 4.69) is 11.1 Å². The molecule has 0 unspecified atom stereocenters. The van der Waals surface area contributed by atoms with Crippen LogP contribution in [0.3, 0.4) is 0 Å². The Balaban J connectivity index is 1.93. The Hall–Kier alpha value is -2.55. The Morgan fingerprint density at radius 1 is 1.19 bits per heavy atom. The van der Waals surface area contributed by atoms with Gasteiger partial charge in [0, 0.05) is 12.3 Å². The van der Waals surface area contributed by atoms with Crippen LogP contribution in [-0.4, -0.2) is 44.3 Å². The molecule has 37 heavy (non-hydrogen) atoms. The molecule has 0 bridgehead atoms. The molecular weight excluding hydrogens is 474 g/mol. The number of carbonyl (C=O) groups excluding carboxylic acids is 2. The number of esters is 1. The van der Waals surface area contributed by atoms with Crippen LogP contribution >= 0.6 is 0 Å². The van der Waals surface area contributed by atoms with Crippen molar-refractivity contribution >= 4 is 22.9 Å². The number of Topliss-reactive ketones (excluding diaryl/α,β-unsaturated/α-hetero) is 1. The molecule has 0 radical (unpaired) electrons. The summed E-state index contributed by atoms with van der Waals surface area (Å²) in [5, 5.41) is 31.3. The highest BCUT2D eigenvalue weighted by molar-refractivity contribution is 5.88. The van der Waals surface area contributed by atoms with Crippen molar-refractivity contribution in [3.63, 3.8) is 0 Å². The number of aliphatic hydroxyl groups is 3. The van der Waals surface area contributed by atoms with Crippen molar-refractivity contribution in [2.45, 2.75) is 98.1 Å². The first kappa shape index (κ1) is 29.0. The molecule has 0 spiro atoms. The summed E-state index contributed by atoms with van der Waals surface area (Å²) in [5.74, 6) is -1.35. The zero-order chi connectivity index (χ0) is 27.3. The van der Waals surface area contributed by atoms with Crippen LogP contribution in [0.1, 0.15) is 90.7 Å². The lowest BCUT2D eigenvalue weighted by atomic mass is 9.71. The van der Waals surface area contributed by atoms with Crippen molar-refractivity contribution in [2.75, 3.05) is 0 Å². The van der Waals surface area contributed by atoms with Crippen molar-refractivity contribution < 1.29 is 34.1 Å². The van der Waals surface area contributed by atoms with E-state index in [0.29, 0.717) is 23.9 Å². The minimum Gasteiger partial charge on any atom is -0.457 e. The fourth-order valence-corrected chi connectivity index (χ4v) is 5.04. The number of allylic oxidation sites excluding steroid dienone is 1. The molecule has 5 atom stereocenters. The summed E-state index contributed by atoms with van der Waals surface area (Å²) >= 11 is 0. The molecule has 1 aromatic carbocycles. The number of rotatable bonds is 3. The summed E-state index contributed by atoms with van der Waals surface area (Å²) in [6.07, 6.45) is 2.35. The molecule has 0 aliphatic carbocycles. The van der Waals surface area contributed by atoms with E-state index in [1.165, 1.54) is 0 Å². The van der Waals surface area contributed by atoms with Gasteiger partial charge in [-0.15, -0.1) is 0 Å². The van der Waals surface area contributed by atoms with Gasteiger partial charge in [-0.2, -0.15) is 0 Å². The lowest BCUT2D eigenvalue weighted by Gasteiger charge is -2.35. The van der Waals surface area contributed by atoms with Crippen LogP contribution in [0, 0.1) is 17.3 Å². The van der Waals surface area contributed by atoms with Crippen LogP contribution in [0.25, 0.3) is 11.1 Å². The van der Waals surface area contributed by atoms with Gasteiger partial charge in [-0.05, 0) is 56.2 Å². The molecule has 0 saturated carbocycles. The van der Waals surface area contributed by atoms with Crippen LogP contribution < -0.4 is 0 Å². The van der Waals surface area contributed by atoms with Crippen LogP contribution in [-0.2, 0) is 20.9 Å². The number of aromatic nitrogens is 1. The maximum Gasteiger partial charge on any atom is 0.309 e. The molecule has 0 amide bonds.